The molecule has 2 heterocycles. The van der Waals surface area contributed by atoms with E-state index in [2.05, 4.69) is 10.6 Å². The first-order valence-corrected chi connectivity index (χ1v) is 10.7. The molecule has 10 heteroatoms. The third-order valence-electron chi connectivity index (χ3n) is 4.96. The second-order valence-corrected chi connectivity index (χ2v) is 8.71. The first-order chi connectivity index (χ1) is 13.0. The van der Waals surface area contributed by atoms with Gasteiger partial charge in [-0.3, -0.25) is 4.79 Å². The van der Waals surface area contributed by atoms with Crippen molar-refractivity contribution < 1.29 is 22.7 Å². The topological polar surface area (TPSA) is 97.0 Å². The molecule has 2 N–H and O–H groups in total. The molecule has 0 aliphatic carbocycles. The number of sulfonamides is 1. The lowest BCUT2D eigenvalue weighted by molar-refractivity contribution is 0.0729. The summed E-state index contributed by atoms with van der Waals surface area (Å²) in [5.41, 5.74) is 0.311. The van der Waals surface area contributed by atoms with Crippen LogP contribution >= 0.6 is 12.4 Å². The van der Waals surface area contributed by atoms with Gasteiger partial charge in [0.15, 0.2) is 0 Å². The van der Waals surface area contributed by atoms with Crippen molar-refractivity contribution >= 4 is 28.3 Å². The minimum absolute atomic E-state index is 0. The van der Waals surface area contributed by atoms with Crippen LogP contribution in [0.1, 0.15) is 23.2 Å². The van der Waals surface area contributed by atoms with E-state index in [-0.39, 0.29) is 42.0 Å². The number of halogens is 1. The number of rotatable bonds is 6. The lowest BCUT2D eigenvalue weighted by Crippen LogP contribution is -2.41. The van der Waals surface area contributed by atoms with Crippen molar-refractivity contribution in [1.82, 2.24) is 14.9 Å². The number of hydrogen-bond donors (Lipinski definition) is 2. The molecule has 2 fully saturated rings. The summed E-state index contributed by atoms with van der Waals surface area (Å²) < 4.78 is 37.8. The molecular formula is C18H28ClN3O5S. The molecule has 158 valence electrons. The normalized spacial score (nSPS) is 20.8. The van der Waals surface area contributed by atoms with Crippen LogP contribution in [0.3, 0.4) is 0 Å². The first kappa shape index (κ1) is 22.9. The first-order valence-electron chi connectivity index (χ1n) is 9.27. The number of methoxy groups -OCH3 is 1. The second-order valence-electron chi connectivity index (χ2n) is 6.80. The van der Waals surface area contributed by atoms with E-state index in [0.717, 1.165) is 25.9 Å². The van der Waals surface area contributed by atoms with Crippen molar-refractivity contribution in [1.29, 1.82) is 0 Å². The number of benzene rings is 1. The zero-order chi connectivity index (χ0) is 19.3. The number of hydrogen-bond acceptors (Lipinski definition) is 6. The Morgan fingerprint density at radius 2 is 2.11 bits per heavy atom. The Bertz CT molecular complexity index is 762. The molecular weight excluding hydrogens is 406 g/mol. The van der Waals surface area contributed by atoms with E-state index >= 15 is 0 Å². The van der Waals surface area contributed by atoms with E-state index in [1.54, 1.807) is 6.07 Å². The Balaban J connectivity index is 0.00000280. The van der Waals surface area contributed by atoms with Crippen LogP contribution in [0, 0.1) is 5.92 Å². The lowest BCUT2D eigenvalue weighted by Gasteiger charge is -2.27. The molecule has 0 saturated carbocycles. The molecule has 3 rings (SSSR count). The fraction of sp³-hybridized carbons (Fsp3) is 0.611. The fourth-order valence-corrected chi connectivity index (χ4v) is 4.97. The molecule has 1 atom stereocenters. The molecule has 28 heavy (non-hydrogen) atoms. The largest absolute Gasteiger partial charge is 0.495 e. The Kier molecular flexibility index (Phi) is 8.51. The maximum atomic E-state index is 13.0. The van der Waals surface area contributed by atoms with Gasteiger partial charge in [0.1, 0.15) is 10.6 Å². The minimum Gasteiger partial charge on any atom is -0.495 e. The van der Waals surface area contributed by atoms with E-state index in [1.165, 1.54) is 23.5 Å². The summed E-state index contributed by atoms with van der Waals surface area (Å²) in [6.07, 6.45) is 2.18. The molecule has 0 radical (unpaired) electrons. The van der Waals surface area contributed by atoms with E-state index in [0.29, 0.717) is 31.2 Å². The molecule has 0 spiro atoms. The summed E-state index contributed by atoms with van der Waals surface area (Å²) in [6.45, 7) is 3.77. The van der Waals surface area contributed by atoms with Crippen molar-refractivity contribution in [2.45, 2.75) is 17.7 Å². The highest BCUT2D eigenvalue weighted by Gasteiger charge is 2.30. The number of morpholine rings is 1. The highest BCUT2D eigenvalue weighted by Crippen LogP contribution is 2.28. The number of nitrogens with zero attached hydrogens (tertiary/aromatic N) is 1. The summed E-state index contributed by atoms with van der Waals surface area (Å²) >= 11 is 0. The predicted octanol–water partition coefficient (Wildman–Crippen LogP) is 0.867. The minimum atomic E-state index is -3.76. The lowest BCUT2D eigenvalue weighted by atomic mass is 9.99. The van der Waals surface area contributed by atoms with Gasteiger partial charge in [0.25, 0.3) is 5.91 Å². The van der Waals surface area contributed by atoms with E-state index in [1.807, 2.05) is 0 Å². The molecule has 0 bridgehead atoms. The van der Waals surface area contributed by atoms with Crippen molar-refractivity contribution in [2.24, 2.45) is 5.92 Å². The van der Waals surface area contributed by atoms with Crippen molar-refractivity contribution in [3.05, 3.63) is 23.8 Å². The van der Waals surface area contributed by atoms with Crippen LogP contribution in [0.5, 0.6) is 5.75 Å². The molecule has 2 saturated heterocycles. The van der Waals surface area contributed by atoms with Crippen LogP contribution in [0.2, 0.25) is 0 Å². The average Bonchev–Trinajstić information content (AvgIpc) is 2.73. The van der Waals surface area contributed by atoms with Crippen molar-refractivity contribution in [3.8, 4) is 5.75 Å². The monoisotopic (exact) mass is 433 g/mol. The highest BCUT2D eigenvalue weighted by atomic mass is 35.5. The van der Waals surface area contributed by atoms with Gasteiger partial charge < -0.3 is 20.1 Å². The molecule has 0 aromatic heterocycles. The van der Waals surface area contributed by atoms with Crippen molar-refractivity contribution in [3.63, 3.8) is 0 Å². The van der Waals surface area contributed by atoms with Gasteiger partial charge in [-0.05, 0) is 50.0 Å². The summed E-state index contributed by atoms with van der Waals surface area (Å²) in [5, 5.41) is 6.23. The number of carbonyl (C=O) groups is 1. The summed E-state index contributed by atoms with van der Waals surface area (Å²) in [7, 11) is -2.34. The predicted molar refractivity (Wildman–Crippen MR) is 108 cm³/mol. The molecule has 1 amide bonds. The number of piperidine rings is 1. The van der Waals surface area contributed by atoms with Crippen LogP contribution < -0.4 is 15.4 Å². The highest BCUT2D eigenvalue weighted by molar-refractivity contribution is 7.89. The number of ether oxygens (including phenoxy) is 2. The Hall–Kier alpha value is -1.39. The van der Waals surface area contributed by atoms with Crippen LogP contribution in [0.15, 0.2) is 23.1 Å². The maximum absolute atomic E-state index is 13.0. The maximum Gasteiger partial charge on any atom is 0.251 e. The Morgan fingerprint density at radius 1 is 1.36 bits per heavy atom. The Labute approximate surface area is 172 Å². The van der Waals surface area contributed by atoms with Crippen LogP contribution in [0.4, 0.5) is 0 Å². The van der Waals surface area contributed by atoms with E-state index in [4.69, 9.17) is 9.47 Å². The molecule has 2 aliphatic heterocycles. The summed E-state index contributed by atoms with van der Waals surface area (Å²) in [4.78, 5) is 12.6. The van der Waals surface area contributed by atoms with Crippen LogP contribution in [-0.4, -0.2) is 71.7 Å². The quantitative estimate of drug-likeness (QED) is 0.690. The average molecular weight is 434 g/mol. The van der Waals surface area contributed by atoms with Crippen molar-refractivity contribution in [2.75, 3.05) is 53.0 Å². The van der Waals surface area contributed by atoms with Gasteiger partial charge in [-0.25, -0.2) is 8.42 Å². The van der Waals surface area contributed by atoms with Gasteiger partial charge in [0.05, 0.1) is 20.3 Å². The zero-order valence-electron chi connectivity index (χ0n) is 16.0. The molecule has 8 nitrogen and oxygen atoms in total. The third-order valence-corrected chi connectivity index (χ3v) is 6.88. The third kappa shape index (κ3) is 5.36. The van der Waals surface area contributed by atoms with Crippen LogP contribution in [0.25, 0.3) is 0 Å². The molecule has 2 aliphatic rings. The number of carbonyl (C=O) groups excluding carboxylic acids is 1. The zero-order valence-corrected chi connectivity index (χ0v) is 17.6. The second kappa shape index (κ2) is 10.4. The van der Waals surface area contributed by atoms with Gasteiger partial charge in [-0.15, -0.1) is 12.4 Å². The van der Waals surface area contributed by atoms with Gasteiger partial charge in [-0.1, -0.05) is 0 Å². The van der Waals surface area contributed by atoms with Gasteiger partial charge in [-0.2, -0.15) is 4.31 Å². The number of nitrogens with one attached hydrogen (secondary N) is 2. The molecule has 1 aromatic carbocycles. The smallest absolute Gasteiger partial charge is 0.251 e. The Morgan fingerprint density at radius 3 is 2.75 bits per heavy atom. The molecule has 1 unspecified atom stereocenters. The van der Waals surface area contributed by atoms with Gasteiger partial charge >= 0.3 is 0 Å². The number of amides is 1. The van der Waals surface area contributed by atoms with E-state index < -0.39 is 10.0 Å². The standard InChI is InChI=1S/C18H27N3O5S.ClH/c1-25-16-5-4-15(18(22)20-13-14-3-2-6-19-12-14)11-17(16)27(23,24)21-7-9-26-10-8-21;/h4-5,11,14,19H,2-3,6-10,12-13H2,1H3,(H,20,22);1H. The summed E-state index contributed by atoms with van der Waals surface area (Å²) in [6, 6.07) is 4.52. The van der Waals surface area contributed by atoms with Gasteiger partial charge in [0.2, 0.25) is 10.0 Å². The molecule has 1 aromatic rings. The fourth-order valence-electron chi connectivity index (χ4n) is 3.38. The van der Waals surface area contributed by atoms with Gasteiger partial charge in [0, 0.05) is 25.2 Å². The van der Waals surface area contributed by atoms with E-state index in [9.17, 15) is 13.2 Å². The van der Waals surface area contributed by atoms with Crippen LogP contribution in [-0.2, 0) is 14.8 Å². The summed E-state index contributed by atoms with van der Waals surface area (Å²) in [5.74, 6) is 0.355. The SMILES string of the molecule is COc1ccc(C(=O)NCC2CCCNC2)cc1S(=O)(=O)N1CCOCC1.Cl.